The highest BCUT2D eigenvalue weighted by molar-refractivity contribution is 9.10. The first-order valence-corrected chi connectivity index (χ1v) is 5.92. The van der Waals surface area contributed by atoms with E-state index < -0.39 is 0 Å². The van der Waals surface area contributed by atoms with Crippen molar-refractivity contribution in [3.05, 3.63) is 58.3 Å². The molecule has 1 heterocycles. The SMILES string of the molecule is N#Cc1cc(CNc2cccc(Br)c2)ccn1. The number of nitrogens with zero attached hydrogens (tertiary/aromatic N) is 2. The van der Waals surface area contributed by atoms with Crippen molar-refractivity contribution < 1.29 is 0 Å². The van der Waals surface area contributed by atoms with Gasteiger partial charge in [-0.15, -0.1) is 0 Å². The van der Waals surface area contributed by atoms with E-state index in [1.807, 2.05) is 36.4 Å². The maximum Gasteiger partial charge on any atom is 0.140 e. The molecule has 1 aromatic heterocycles. The summed E-state index contributed by atoms with van der Waals surface area (Å²) < 4.78 is 1.04. The Balaban J connectivity index is 2.05. The second-order valence-electron chi connectivity index (χ2n) is 3.53. The Labute approximate surface area is 108 Å². The number of nitrogens with one attached hydrogen (secondary N) is 1. The fourth-order valence-electron chi connectivity index (χ4n) is 1.45. The number of anilines is 1. The first-order valence-electron chi connectivity index (χ1n) is 5.12. The van der Waals surface area contributed by atoms with Crippen molar-refractivity contribution in [1.29, 1.82) is 5.26 Å². The second-order valence-corrected chi connectivity index (χ2v) is 4.44. The summed E-state index contributed by atoms with van der Waals surface area (Å²) in [5, 5.41) is 12.0. The lowest BCUT2D eigenvalue weighted by molar-refractivity contribution is 1.11. The Kier molecular flexibility index (Phi) is 3.73. The van der Waals surface area contributed by atoms with Crippen molar-refractivity contribution in [2.75, 3.05) is 5.32 Å². The van der Waals surface area contributed by atoms with Crippen LogP contribution in [0.1, 0.15) is 11.3 Å². The Morgan fingerprint density at radius 3 is 2.94 bits per heavy atom. The summed E-state index contributed by atoms with van der Waals surface area (Å²) in [5.74, 6) is 0. The number of nitriles is 1. The van der Waals surface area contributed by atoms with Crippen molar-refractivity contribution in [1.82, 2.24) is 4.98 Å². The molecule has 17 heavy (non-hydrogen) atoms. The fourth-order valence-corrected chi connectivity index (χ4v) is 1.85. The molecule has 0 fully saturated rings. The van der Waals surface area contributed by atoms with Gasteiger partial charge in [-0.05, 0) is 35.9 Å². The quantitative estimate of drug-likeness (QED) is 0.942. The summed E-state index contributed by atoms with van der Waals surface area (Å²) in [6.45, 7) is 0.674. The Morgan fingerprint density at radius 2 is 2.18 bits per heavy atom. The number of rotatable bonds is 3. The van der Waals surface area contributed by atoms with Gasteiger partial charge in [-0.1, -0.05) is 22.0 Å². The molecule has 0 radical (unpaired) electrons. The van der Waals surface area contributed by atoms with E-state index in [-0.39, 0.29) is 0 Å². The first-order chi connectivity index (χ1) is 8.28. The van der Waals surface area contributed by atoms with Crippen LogP contribution in [0.2, 0.25) is 0 Å². The average Bonchev–Trinajstić information content (AvgIpc) is 2.37. The molecular weight excluding hydrogens is 278 g/mol. The van der Waals surface area contributed by atoms with Crippen LogP contribution in [-0.2, 0) is 6.54 Å². The number of benzene rings is 1. The molecule has 0 saturated heterocycles. The van der Waals surface area contributed by atoms with Gasteiger partial charge in [0.25, 0.3) is 0 Å². The van der Waals surface area contributed by atoms with Gasteiger partial charge < -0.3 is 5.32 Å². The first kappa shape index (κ1) is 11.6. The molecule has 1 aromatic carbocycles. The van der Waals surface area contributed by atoms with Crippen molar-refractivity contribution in [2.45, 2.75) is 6.54 Å². The molecule has 0 aliphatic heterocycles. The molecule has 1 N–H and O–H groups in total. The molecule has 3 nitrogen and oxygen atoms in total. The molecule has 4 heteroatoms. The van der Waals surface area contributed by atoms with Crippen molar-refractivity contribution in [3.63, 3.8) is 0 Å². The smallest absolute Gasteiger partial charge is 0.140 e. The minimum absolute atomic E-state index is 0.443. The van der Waals surface area contributed by atoms with Crippen LogP contribution in [0.4, 0.5) is 5.69 Å². The Morgan fingerprint density at radius 1 is 1.29 bits per heavy atom. The van der Waals surface area contributed by atoms with Crippen LogP contribution < -0.4 is 5.32 Å². The molecule has 0 aliphatic rings. The number of hydrogen-bond acceptors (Lipinski definition) is 3. The fraction of sp³-hybridized carbons (Fsp3) is 0.0769. The van der Waals surface area contributed by atoms with Gasteiger partial charge in [-0.2, -0.15) is 5.26 Å². The Hall–Kier alpha value is -1.86. The van der Waals surface area contributed by atoms with Gasteiger partial charge in [0.1, 0.15) is 11.8 Å². The highest BCUT2D eigenvalue weighted by atomic mass is 79.9. The van der Waals surface area contributed by atoms with Crippen LogP contribution in [0.5, 0.6) is 0 Å². The van der Waals surface area contributed by atoms with Crippen LogP contribution in [-0.4, -0.2) is 4.98 Å². The van der Waals surface area contributed by atoms with Gasteiger partial charge in [0.05, 0.1) is 0 Å². The third-order valence-electron chi connectivity index (χ3n) is 2.26. The zero-order valence-corrected chi connectivity index (χ0v) is 10.6. The van der Waals surface area contributed by atoms with Gasteiger partial charge in [-0.3, -0.25) is 0 Å². The van der Waals surface area contributed by atoms with E-state index in [0.717, 1.165) is 15.7 Å². The van der Waals surface area contributed by atoms with Crippen LogP contribution in [0, 0.1) is 11.3 Å². The molecule has 0 amide bonds. The van der Waals surface area contributed by atoms with E-state index in [4.69, 9.17) is 5.26 Å². The molecule has 0 spiro atoms. The minimum Gasteiger partial charge on any atom is -0.381 e. The van der Waals surface area contributed by atoms with Crippen LogP contribution in [0.15, 0.2) is 47.1 Å². The molecule has 2 rings (SSSR count). The van der Waals surface area contributed by atoms with Crippen LogP contribution in [0.25, 0.3) is 0 Å². The monoisotopic (exact) mass is 287 g/mol. The van der Waals surface area contributed by atoms with E-state index in [2.05, 4.69) is 26.2 Å². The van der Waals surface area contributed by atoms with E-state index in [1.54, 1.807) is 12.3 Å². The summed E-state index contributed by atoms with van der Waals surface area (Å²) in [7, 11) is 0. The van der Waals surface area contributed by atoms with Gasteiger partial charge in [-0.25, -0.2) is 4.98 Å². The molecule has 0 atom stereocenters. The summed E-state index contributed by atoms with van der Waals surface area (Å²) in [6, 6.07) is 13.7. The van der Waals surface area contributed by atoms with Gasteiger partial charge in [0, 0.05) is 22.9 Å². The minimum atomic E-state index is 0.443. The highest BCUT2D eigenvalue weighted by Crippen LogP contribution is 2.16. The molecule has 84 valence electrons. The third kappa shape index (κ3) is 3.30. The number of halogens is 1. The zero-order valence-electron chi connectivity index (χ0n) is 9.02. The molecule has 0 saturated carbocycles. The van der Waals surface area contributed by atoms with E-state index in [0.29, 0.717) is 12.2 Å². The van der Waals surface area contributed by atoms with Gasteiger partial charge >= 0.3 is 0 Å². The number of hydrogen-bond donors (Lipinski definition) is 1. The second kappa shape index (κ2) is 5.46. The van der Waals surface area contributed by atoms with Crippen molar-refractivity contribution in [2.24, 2.45) is 0 Å². The molecule has 0 unspecified atom stereocenters. The van der Waals surface area contributed by atoms with Crippen molar-refractivity contribution >= 4 is 21.6 Å². The van der Waals surface area contributed by atoms with Gasteiger partial charge in [0.15, 0.2) is 0 Å². The highest BCUT2D eigenvalue weighted by Gasteiger charge is 1.97. The number of aromatic nitrogens is 1. The lowest BCUT2D eigenvalue weighted by atomic mass is 10.2. The zero-order chi connectivity index (χ0) is 12.1. The van der Waals surface area contributed by atoms with E-state index in [1.165, 1.54) is 0 Å². The molecule has 0 bridgehead atoms. The summed E-state index contributed by atoms with van der Waals surface area (Å²) in [6.07, 6.45) is 1.65. The number of pyridine rings is 1. The average molecular weight is 288 g/mol. The lowest BCUT2D eigenvalue weighted by Crippen LogP contribution is -2.00. The molecule has 2 aromatic rings. The maximum atomic E-state index is 8.74. The van der Waals surface area contributed by atoms with Gasteiger partial charge in [0.2, 0.25) is 0 Å². The topological polar surface area (TPSA) is 48.7 Å². The summed E-state index contributed by atoms with van der Waals surface area (Å²) in [4.78, 5) is 3.93. The lowest BCUT2D eigenvalue weighted by Gasteiger charge is -2.06. The third-order valence-corrected chi connectivity index (χ3v) is 2.75. The molecular formula is C13H10BrN3. The molecule has 0 aliphatic carbocycles. The maximum absolute atomic E-state index is 8.74. The Bertz CT molecular complexity index is 561. The predicted octanol–water partition coefficient (Wildman–Crippen LogP) is 3.33. The van der Waals surface area contributed by atoms with Crippen LogP contribution >= 0.6 is 15.9 Å². The van der Waals surface area contributed by atoms with E-state index >= 15 is 0 Å². The predicted molar refractivity (Wildman–Crippen MR) is 70.4 cm³/mol. The van der Waals surface area contributed by atoms with E-state index in [9.17, 15) is 0 Å². The summed E-state index contributed by atoms with van der Waals surface area (Å²) >= 11 is 3.42. The van der Waals surface area contributed by atoms with Crippen molar-refractivity contribution in [3.8, 4) is 6.07 Å². The summed E-state index contributed by atoms with van der Waals surface area (Å²) in [5.41, 5.74) is 2.52. The standard InChI is InChI=1S/C13H10BrN3/c14-11-2-1-3-12(7-11)17-9-10-4-5-16-13(6-10)8-15/h1-7,17H,9H2. The van der Waals surface area contributed by atoms with Crippen LogP contribution in [0.3, 0.4) is 0 Å². The normalized spacial score (nSPS) is 9.65. The largest absolute Gasteiger partial charge is 0.381 e.